The molecule has 2 atom stereocenters. The van der Waals surface area contributed by atoms with Gasteiger partial charge in [0.05, 0.1) is 0 Å². The number of ether oxygens (including phenoxy) is 1. The number of carbonyl (C=O) groups excluding carboxylic acids is 1. The number of amides is 1. The molecule has 7 nitrogen and oxygen atoms in total. The maximum Gasteiger partial charge on any atom is 0.438 e. The molecule has 1 aliphatic carbocycles. The number of H-pyrrole nitrogens is 1. The quantitative estimate of drug-likeness (QED) is 0.925. The number of aromatic amines is 1. The first-order valence-corrected chi connectivity index (χ1v) is 7.77. The van der Waals surface area contributed by atoms with Gasteiger partial charge >= 0.3 is 11.8 Å². The minimum Gasteiger partial charge on any atom is -0.444 e. The van der Waals surface area contributed by atoms with Crippen molar-refractivity contribution in [1.29, 1.82) is 0 Å². The lowest BCUT2D eigenvalue weighted by Gasteiger charge is -2.38. The van der Waals surface area contributed by atoms with Gasteiger partial charge in [0.25, 0.3) is 0 Å². The van der Waals surface area contributed by atoms with E-state index in [9.17, 15) is 9.59 Å². The van der Waals surface area contributed by atoms with Gasteiger partial charge in [-0.15, -0.1) is 0 Å². The molecule has 1 aromatic rings. The van der Waals surface area contributed by atoms with E-state index in [1.807, 2.05) is 20.8 Å². The molecule has 1 fully saturated rings. The van der Waals surface area contributed by atoms with Gasteiger partial charge in [0, 0.05) is 19.5 Å². The molecule has 0 unspecified atom stereocenters. The Bertz CT molecular complexity index is 558. The van der Waals surface area contributed by atoms with E-state index in [2.05, 4.69) is 14.7 Å². The SMILES string of the molecule is CN(C(=O)OC(C)(C)C)[C@@H]1CCCC[C@H]1Cc1noc(=O)[nH]1. The lowest BCUT2D eigenvalue weighted by atomic mass is 9.81. The molecule has 0 spiro atoms. The Morgan fingerprint density at radius 2 is 2.09 bits per heavy atom. The molecule has 0 aliphatic heterocycles. The van der Waals surface area contributed by atoms with Crippen LogP contribution < -0.4 is 5.76 Å². The van der Waals surface area contributed by atoms with Crippen LogP contribution in [0.25, 0.3) is 0 Å². The maximum atomic E-state index is 12.3. The van der Waals surface area contributed by atoms with Crippen LogP contribution in [0.5, 0.6) is 0 Å². The van der Waals surface area contributed by atoms with E-state index in [4.69, 9.17) is 4.74 Å². The molecule has 7 heteroatoms. The van der Waals surface area contributed by atoms with Crippen molar-refractivity contribution in [2.75, 3.05) is 7.05 Å². The third-order valence-electron chi connectivity index (χ3n) is 3.99. The van der Waals surface area contributed by atoms with Crippen molar-refractivity contribution in [1.82, 2.24) is 15.0 Å². The molecule has 1 saturated carbocycles. The van der Waals surface area contributed by atoms with Gasteiger partial charge in [-0.1, -0.05) is 18.0 Å². The molecule has 22 heavy (non-hydrogen) atoms. The summed E-state index contributed by atoms with van der Waals surface area (Å²) in [6.07, 6.45) is 4.42. The van der Waals surface area contributed by atoms with Gasteiger partial charge in [0.2, 0.25) is 0 Å². The van der Waals surface area contributed by atoms with Gasteiger partial charge in [-0.3, -0.25) is 9.51 Å². The van der Waals surface area contributed by atoms with Crippen molar-refractivity contribution in [3.05, 3.63) is 16.4 Å². The first-order chi connectivity index (χ1) is 10.3. The summed E-state index contributed by atoms with van der Waals surface area (Å²) in [6, 6.07) is 0.0869. The van der Waals surface area contributed by atoms with Crippen molar-refractivity contribution in [3.8, 4) is 0 Å². The zero-order valence-electron chi connectivity index (χ0n) is 13.7. The second kappa shape index (κ2) is 6.54. The summed E-state index contributed by atoms with van der Waals surface area (Å²) < 4.78 is 10.00. The van der Waals surface area contributed by atoms with Crippen LogP contribution in [-0.4, -0.2) is 39.8 Å². The summed E-state index contributed by atoms with van der Waals surface area (Å²) in [7, 11) is 1.78. The highest BCUT2D eigenvalue weighted by Gasteiger charge is 2.33. The highest BCUT2D eigenvalue weighted by molar-refractivity contribution is 5.68. The zero-order chi connectivity index (χ0) is 16.3. The topological polar surface area (TPSA) is 88.4 Å². The standard InChI is InChI=1S/C15H25N3O4/c1-15(2,3)21-14(20)18(4)11-8-6-5-7-10(11)9-12-16-13(19)22-17-12/h10-11H,5-9H2,1-4H3,(H,16,17,19)/t10-,11+/m0/s1. The minimum absolute atomic E-state index is 0.0869. The number of nitrogens with one attached hydrogen (secondary N) is 1. The number of hydrogen-bond acceptors (Lipinski definition) is 5. The van der Waals surface area contributed by atoms with E-state index in [-0.39, 0.29) is 18.1 Å². The maximum absolute atomic E-state index is 12.3. The Hall–Kier alpha value is -1.79. The largest absolute Gasteiger partial charge is 0.444 e. The highest BCUT2D eigenvalue weighted by atomic mass is 16.6. The number of carbonyl (C=O) groups is 1. The number of hydrogen-bond donors (Lipinski definition) is 1. The van der Waals surface area contributed by atoms with Crippen LogP contribution >= 0.6 is 0 Å². The molecule has 0 bridgehead atoms. The molecule has 1 aliphatic rings. The lowest BCUT2D eigenvalue weighted by molar-refractivity contribution is 0.0114. The molecule has 1 aromatic heterocycles. The van der Waals surface area contributed by atoms with Crippen molar-refractivity contribution in [2.45, 2.75) is 64.5 Å². The summed E-state index contributed by atoms with van der Waals surface area (Å²) >= 11 is 0. The number of nitrogens with zero attached hydrogens (tertiary/aromatic N) is 2. The molecule has 124 valence electrons. The molecular formula is C15H25N3O4. The van der Waals surface area contributed by atoms with E-state index < -0.39 is 11.4 Å². The average Bonchev–Trinajstić information content (AvgIpc) is 2.82. The monoisotopic (exact) mass is 311 g/mol. The van der Waals surface area contributed by atoms with Gasteiger partial charge in [-0.05, 0) is 39.5 Å². The van der Waals surface area contributed by atoms with Gasteiger partial charge in [0.1, 0.15) is 5.60 Å². The van der Waals surface area contributed by atoms with Crippen molar-refractivity contribution >= 4 is 6.09 Å². The number of aromatic nitrogens is 2. The summed E-state index contributed by atoms with van der Waals surface area (Å²) in [6.45, 7) is 5.58. The van der Waals surface area contributed by atoms with Gasteiger partial charge in [0.15, 0.2) is 5.82 Å². The molecule has 0 aromatic carbocycles. The van der Waals surface area contributed by atoms with Crippen LogP contribution in [0.3, 0.4) is 0 Å². The first kappa shape index (κ1) is 16.6. The first-order valence-electron chi connectivity index (χ1n) is 7.77. The minimum atomic E-state index is -0.539. The molecule has 0 radical (unpaired) electrons. The number of rotatable bonds is 3. The van der Waals surface area contributed by atoms with E-state index in [0.29, 0.717) is 12.2 Å². The zero-order valence-corrected chi connectivity index (χ0v) is 13.7. The Morgan fingerprint density at radius 3 is 2.68 bits per heavy atom. The van der Waals surface area contributed by atoms with E-state index >= 15 is 0 Å². The van der Waals surface area contributed by atoms with Crippen LogP contribution in [-0.2, 0) is 11.2 Å². The Balaban J connectivity index is 2.05. The third kappa shape index (κ3) is 4.35. The van der Waals surface area contributed by atoms with Gasteiger partial charge in [-0.2, -0.15) is 0 Å². The summed E-state index contributed by atoms with van der Waals surface area (Å²) in [5, 5.41) is 3.73. The fraction of sp³-hybridized carbons (Fsp3) is 0.800. The molecule has 2 rings (SSSR count). The fourth-order valence-electron chi connectivity index (χ4n) is 3.00. The summed E-state index contributed by atoms with van der Waals surface area (Å²) in [4.78, 5) is 27.6. The van der Waals surface area contributed by atoms with E-state index in [1.165, 1.54) is 0 Å². The van der Waals surface area contributed by atoms with Crippen LogP contribution in [0.4, 0.5) is 4.79 Å². The van der Waals surface area contributed by atoms with Crippen LogP contribution in [0.2, 0.25) is 0 Å². The average molecular weight is 311 g/mol. The predicted molar refractivity (Wildman–Crippen MR) is 80.6 cm³/mol. The second-order valence-corrected chi connectivity index (χ2v) is 6.95. The third-order valence-corrected chi connectivity index (χ3v) is 3.99. The van der Waals surface area contributed by atoms with Crippen LogP contribution in [0.1, 0.15) is 52.3 Å². The normalized spacial score (nSPS) is 22.4. The molecule has 1 amide bonds. The van der Waals surface area contributed by atoms with E-state index in [1.54, 1.807) is 11.9 Å². The second-order valence-electron chi connectivity index (χ2n) is 6.95. The van der Waals surface area contributed by atoms with Crippen LogP contribution in [0.15, 0.2) is 9.32 Å². The molecule has 0 saturated heterocycles. The Labute approximate surface area is 130 Å². The molecule has 1 heterocycles. The molecule has 1 N–H and O–H groups in total. The van der Waals surface area contributed by atoms with Crippen molar-refractivity contribution in [2.24, 2.45) is 5.92 Å². The highest BCUT2D eigenvalue weighted by Crippen LogP contribution is 2.30. The van der Waals surface area contributed by atoms with Crippen molar-refractivity contribution in [3.63, 3.8) is 0 Å². The van der Waals surface area contributed by atoms with Crippen molar-refractivity contribution < 1.29 is 14.1 Å². The van der Waals surface area contributed by atoms with E-state index in [0.717, 1.165) is 25.7 Å². The van der Waals surface area contributed by atoms with Crippen LogP contribution in [0, 0.1) is 5.92 Å². The summed E-state index contributed by atoms with van der Waals surface area (Å²) in [5.41, 5.74) is -0.507. The summed E-state index contributed by atoms with van der Waals surface area (Å²) in [5.74, 6) is 0.245. The smallest absolute Gasteiger partial charge is 0.438 e. The Kier molecular flexibility index (Phi) is 4.93. The predicted octanol–water partition coefficient (Wildman–Crippen LogP) is 2.33. The fourth-order valence-corrected chi connectivity index (χ4v) is 3.00. The lowest BCUT2D eigenvalue weighted by Crippen LogP contribution is -2.46. The Morgan fingerprint density at radius 1 is 1.41 bits per heavy atom. The molecular weight excluding hydrogens is 286 g/mol. The van der Waals surface area contributed by atoms with Gasteiger partial charge in [-0.25, -0.2) is 9.59 Å². The van der Waals surface area contributed by atoms with Gasteiger partial charge < -0.3 is 9.64 Å².